The van der Waals surface area contributed by atoms with Crippen LogP contribution in [0.1, 0.15) is 29.2 Å². The van der Waals surface area contributed by atoms with Gasteiger partial charge in [0.05, 0.1) is 0 Å². The normalized spacial score (nSPS) is 14.7. The molecule has 3 aromatic carbocycles. The van der Waals surface area contributed by atoms with E-state index in [0.717, 1.165) is 28.0 Å². The SMILES string of the molecule is C/C=C\c1c#cc2c(c1)OC(c1ccc(O)cc1)(c1ccc(O)cc1)C2. The Bertz CT molecular complexity index is 908. The zero-order valence-electron chi connectivity index (χ0n) is 14.4. The standard InChI is InChI=1S/C23H18O3/c1-2-3-16-4-5-17-15-23(26-22(17)14-16,18-6-10-20(24)11-7-18)19-8-12-21(25)13-9-19/h2-3,6-14,24-25H,15H2,1H3/b3-2-. The predicted molar refractivity (Wildman–Crippen MR) is 100 cm³/mol. The lowest BCUT2D eigenvalue weighted by Crippen LogP contribution is -2.32. The summed E-state index contributed by atoms with van der Waals surface area (Å²) in [5.74, 6) is 1.19. The van der Waals surface area contributed by atoms with E-state index in [2.05, 4.69) is 12.1 Å². The van der Waals surface area contributed by atoms with E-state index in [4.69, 9.17) is 4.74 Å². The maximum Gasteiger partial charge on any atom is 0.164 e. The third-order valence-electron chi connectivity index (χ3n) is 4.67. The molecule has 0 unspecified atom stereocenters. The number of hydrogen-bond donors (Lipinski definition) is 2. The van der Waals surface area contributed by atoms with Gasteiger partial charge in [0.2, 0.25) is 0 Å². The van der Waals surface area contributed by atoms with Crippen molar-refractivity contribution in [2.45, 2.75) is 18.9 Å². The minimum absolute atomic E-state index is 0.209. The van der Waals surface area contributed by atoms with Crippen molar-refractivity contribution < 1.29 is 14.9 Å². The summed E-state index contributed by atoms with van der Waals surface area (Å²) in [6, 6.07) is 22.4. The van der Waals surface area contributed by atoms with Crippen LogP contribution in [0.25, 0.3) is 6.08 Å². The molecule has 128 valence electrons. The first-order chi connectivity index (χ1) is 12.6. The molecule has 0 spiro atoms. The fourth-order valence-electron chi connectivity index (χ4n) is 3.39. The number of hydrogen-bond acceptors (Lipinski definition) is 3. The average molecular weight is 342 g/mol. The van der Waals surface area contributed by atoms with Crippen LogP contribution in [-0.2, 0) is 12.0 Å². The van der Waals surface area contributed by atoms with Gasteiger partial charge in [-0.15, -0.1) is 0 Å². The molecule has 0 aromatic heterocycles. The van der Waals surface area contributed by atoms with Crippen molar-refractivity contribution in [3.05, 3.63) is 95.1 Å². The predicted octanol–water partition coefficient (Wildman–Crippen LogP) is 4.61. The van der Waals surface area contributed by atoms with Gasteiger partial charge in [0.25, 0.3) is 0 Å². The van der Waals surface area contributed by atoms with Crippen LogP contribution < -0.4 is 4.74 Å². The zero-order chi connectivity index (χ0) is 18.1. The highest BCUT2D eigenvalue weighted by Crippen LogP contribution is 2.46. The second kappa shape index (κ2) is 6.16. The van der Waals surface area contributed by atoms with Crippen LogP contribution in [0.4, 0.5) is 0 Å². The molecular formula is C23H18O3. The lowest BCUT2D eigenvalue weighted by molar-refractivity contribution is 0.140. The summed E-state index contributed by atoms with van der Waals surface area (Å²) in [6.45, 7) is 1.96. The van der Waals surface area contributed by atoms with Crippen molar-refractivity contribution in [2.75, 3.05) is 0 Å². The summed E-state index contributed by atoms with van der Waals surface area (Å²) >= 11 is 0. The van der Waals surface area contributed by atoms with Gasteiger partial charge >= 0.3 is 0 Å². The fraction of sp³-hybridized carbons (Fsp3) is 0.130. The Balaban J connectivity index is 1.85. The third-order valence-corrected chi connectivity index (χ3v) is 4.67. The molecule has 0 aliphatic carbocycles. The van der Waals surface area contributed by atoms with Crippen molar-refractivity contribution >= 4 is 6.08 Å². The van der Waals surface area contributed by atoms with E-state index in [9.17, 15) is 10.2 Å². The number of phenols is 2. The van der Waals surface area contributed by atoms with Crippen molar-refractivity contribution in [3.63, 3.8) is 0 Å². The van der Waals surface area contributed by atoms with Gasteiger partial charge in [0.1, 0.15) is 17.2 Å². The molecule has 3 nitrogen and oxygen atoms in total. The summed E-state index contributed by atoms with van der Waals surface area (Å²) < 4.78 is 6.49. The molecule has 4 rings (SSSR count). The van der Waals surface area contributed by atoms with Crippen molar-refractivity contribution in [2.24, 2.45) is 0 Å². The highest BCUT2D eigenvalue weighted by atomic mass is 16.5. The number of aromatic hydroxyl groups is 2. The van der Waals surface area contributed by atoms with Crippen LogP contribution in [-0.4, -0.2) is 10.2 Å². The molecule has 0 fully saturated rings. The Morgan fingerprint density at radius 1 is 0.923 bits per heavy atom. The molecule has 3 heteroatoms. The van der Waals surface area contributed by atoms with E-state index in [1.54, 1.807) is 24.3 Å². The third kappa shape index (κ3) is 2.66. The number of phenolic OH excluding ortho intramolecular Hbond substituents is 2. The summed E-state index contributed by atoms with van der Waals surface area (Å²) in [5, 5.41) is 19.3. The van der Waals surface area contributed by atoms with Gasteiger partial charge in [-0.05, 0) is 37.3 Å². The average Bonchev–Trinajstić information content (AvgIpc) is 3.03. The zero-order valence-corrected chi connectivity index (χ0v) is 14.4. The molecule has 1 aliphatic heterocycles. The summed E-state index contributed by atoms with van der Waals surface area (Å²) in [6.07, 6.45) is 4.51. The van der Waals surface area contributed by atoms with E-state index in [1.165, 1.54) is 0 Å². The Morgan fingerprint density at radius 3 is 2.04 bits per heavy atom. The first-order valence-corrected chi connectivity index (χ1v) is 8.48. The molecule has 26 heavy (non-hydrogen) atoms. The molecule has 0 radical (unpaired) electrons. The minimum atomic E-state index is -0.734. The molecular weight excluding hydrogens is 324 g/mol. The number of benzene rings is 2. The van der Waals surface area contributed by atoms with Crippen LogP contribution >= 0.6 is 0 Å². The molecule has 0 saturated heterocycles. The number of fused-ring (bicyclic) bond motifs is 1. The van der Waals surface area contributed by atoms with E-state index < -0.39 is 5.60 Å². The largest absolute Gasteiger partial charge is 0.508 e. The summed E-state index contributed by atoms with van der Waals surface area (Å²) in [4.78, 5) is 0. The topological polar surface area (TPSA) is 49.7 Å². The lowest BCUT2D eigenvalue weighted by atomic mass is 9.83. The molecule has 0 saturated carbocycles. The number of rotatable bonds is 3. The van der Waals surface area contributed by atoms with E-state index in [-0.39, 0.29) is 11.5 Å². The first kappa shape index (κ1) is 16.1. The van der Waals surface area contributed by atoms with Crippen LogP contribution in [0.5, 0.6) is 17.2 Å². The first-order valence-electron chi connectivity index (χ1n) is 8.48. The highest BCUT2D eigenvalue weighted by Gasteiger charge is 2.43. The summed E-state index contributed by atoms with van der Waals surface area (Å²) in [7, 11) is 0. The van der Waals surface area contributed by atoms with Crippen molar-refractivity contribution in [1.29, 1.82) is 0 Å². The van der Waals surface area contributed by atoms with E-state index >= 15 is 0 Å². The van der Waals surface area contributed by atoms with Gasteiger partial charge in [0, 0.05) is 28.7 Å². The van der Waals surface area contributed by atoms with Gasteiger partial charge in [-0.3, -0.25) is 0 Å². The van der Waals surface area contributed by atoms with Gasteiger partial charge < -0.3 is 14.9 Å². The molecule has 1 aliphatic rings. The van der Waals surface area contributed by atoms with Crippen LogP contribution in [0.3, 0.4) is 0 Å². The number of allylic oxidation sites excluding steroid dienone is 1. The van der Waals surface area contributed by atoms with Gasteiger partial charge in [0.15, 0.2) is 5.60 Å². The maximum atomic E-state index is 9.67. The minimum Gasteiger partial charge on any atom is -0.508 e. The van der Waals surface area contributed by atoms with Gasteiger partial charge in [-0.25, -0.2) is 0 Å². The monoisotopic (exact) mass is 342 g/mol. The maximum absolute atomic E-state index is 9.67. The molecule has 0 bridgehead atoms. The Kier molecular flexibility index (Phi) is 3.82. The van der Waals surface area contributed by atoms with E-state index in [1.807, 2.05) is 49.4 Å². The molecule has 0 amide bonds. The highest BCUT2D eigenvalue weighted by molar-refractivity contribution is 5.55. The smallest absolute Gasteiger partial charge is 0.164 e. The van der Waals surface area contributed by atoms with E-state index in [0.29, 0.717) is 6.42 Å². The molecule has 1 heterocycles. The Labute approximate surface area is 152 Å². The summed E-state index contributed by atoms with van der Waals surface area (Å²) in [5.41, 5.74) is 3.00. The molecule has 2 N–H and O–H groups in total. The van der Waals surface area contributed by atoms with Crippen LogP contribution in [0, 0.1) is 12.1 Å². The van der Waals surface area contributed by atoms with Crippen molar-refractivity contribution in [1.82, 2.24) is 0 Å². The molecule has 0 atom stereocenters. The van der Waals surface area contributed by atoms with Gasteiger partial charge in [-0.1, -0.05) is 48.6 Å². The molecule has 3 aromatic rings. The Hall–Kier alpha value is -3.38. The number of ether oxygens (including phenoxy) is 1. The lowest BCUT2D eigenvalue weighted by Gasteiger charge is -2.30. The van der Waals surface area contributed by atoms with Gasteiger partial charge in [-0.2, -0.15) is 0 Å². The quantitative estimate of drug-likeness (QED) is 0.731. The second-order valence-corrected chi connectivity index (χ2v) is 6.39. The van der Waals surface area contributed by atoms with Crippen LogP contribution in [0.2, 0.25) is 0 Å². The Morgan fingerprint density at radius 2 is 1.50 bits per heavy atom. The second-order valence-electron chi connectivity index (χ2n) is 6.39. The van der Waals surface area contributed by atoms with Crippen molar-refractivity contribution in [3.8, 4) is 17.2 Å². The fourth-order valence-corrected chi connectivity index (χ4v) is 3.39. The van der Waals surface area contributed by atoms with Crippen LogP contribution in [0.15, 0.2) is 60.7 Å².